The lowest BCUT2D eigenvalue weighted by Crippen LogP contribution is -2.35. The largest absolute Gasteiger partial charge is 0.399 e. The maximum absolute atomic E-state index is 12.0. The van der Waals surface area contributed by atoms with Crippen molar-refractivity contribution in [2.75, 3.05) is 5.73 Å². The molecule has 0 heterocycles. The van der Waals surface area contributed by atoms with Gasteiger partial charge in [0.2, 0.25) is 15.9 Å². The number of nitrogen functional groups attached to an aromatic ring is 1. The van der Waals surface area contributed by atoms with Crippen LogP contribution in [0.15, 0.2) is 27.6 Å². The predicted molar refractivity (Wildman–Crippen MR) is 72.1 cm³/mol. The molecule has 1 atom stereocenters. The number of hydrogen-bond donors (Lipinski definition) is 3. The fourth-order valence-electron chi connectivity index (χ4n) is 1.41. The molecule has 1 aromatic rings. The predicted octanol–water partition coefficient (Wildman–Crippen LogP) is 0.574. The van der Waals surface area contributed by atoms with Gasteiger partial charge >= 0.3 is 0 Å². The first-order chi connectivity index (χ1) is 8.22. The van der Waals surface area contributed by atoms with E-state index in [1.807, 2.05) is 0 Å². The van der Waals surface area contributed by atoms with Gasteiger partial charge in [0, 0.05) is 22.6 Å². The maximum Gasteiger partial charge on any atom is 0.241 e. The van der Waals surface area contributed by atoms with Gasteiger partial charge in [-0.2, -0.15) is 0 Å². The van der Waals surface area contributed by atoms with Crippen LogP contribution in [0.4, 0.5) is 5.69 Å². The Balaban J connectivity index is 2.96. The van der Waals surface area contributed by atoms with Crippen LogP contribution >= 0.6 is 15.9 Å². The molecule has 6 nitrogen and oxygen atoms in total. The second-order valence-electron chi connectivity index (χ2n) is 3.88. The van der Waals surface area contributed by atoms with Crippen LogP contribution in [0.5, 0.6) is 0 Å². The Bertz CT molecular complexity index is 559. The molecule has 0 saturated heterocycles. The summed E-state index contributed by atoms with van der Waals surface area (Å²) < 4.78 is 26.8. The zero-order valence-corrected chi connectivity index (χ0v) is 12.1. The first-order valence-electron chi connectivity index (χ1n) is 5.08. The molecule has 0 aliphatic rings. The van der Waals surface area contributed by atoms with Crippen LogP contribution in [0.3, 0.4) is 0 Å². The lowest BCUT2D eigenvalue weighted by molar-refractivity contribution is -0.118. The summed E-state index contributed by atoms with van der Waals surface area (Å²) in [6, 6.07) is 3.79. The van der Waals surface area contributed by atoms with E-state index in [1.54, 1.807) is 6.92 Å². The van der Waals surface area contributed by atoms with Crippen molar-refractivity contribution in [1.29, 1.82) is 0 Å². The van der Waals surface area contributed by atoms with E-state index >= 15 is 0 Å². The van der Waals surface area contributed by atoms with E-state index < -0.39 is 22.0 Å². The third-order valence-electron chi connectivity index (χ3n) is 2.11. The molecule has 8 heteroatoms. The molecule has 0 bridgehead atoms. The minimum Gasteiger partial charge on any atom is -0.399 e. The number of amides is 1. The SMILES string of the molecule is CC(CC(N)=O)NS(=O)(=O)c1ccc(N)cc1Br. The molecule has 0 aliphatic carbocycles. The van der Waals surface area contributed by atoms with E-state index in [4.69, 9.17) is 11.5 Å². The number of primary amides is 1. The molecule has 18 heavy (non-hydrogen) atoms. The van der Waals surface area contributed by atoms with Crippen LogP contribution < -0.4 is 16.2 Å². The highest BCUT2D eigenvalue weighted by atomic mass is 79.9. The highest BCUT2D eigenvalue weighted by Crippen LogP contribution is 2.24. The summed E-state index contributed by atoms with van der Waals surface area (Å²) >= 11 is 3.13. The van der Waals surface area contributed by atoms with Gasteiger partial charge in [-0.25, -0.2) is 13.1 Å². The Hall–Kier alpha value is -1.12. The number of carbonyl (C=O) groups is 1. The van der Waals surface area contributed by atoms with Gasteiger partial charge in [0.25, 0.3) is 0 Å². The monoisotopic (exact) mass is 335 g/mol. The lowest BCUT2D eigenvalue weighted by atomic mass is 10.2. The van der Waals surface area contributed by atoms with Gasteiger partial charge in [-0.1, -0.05) is 0 Å². The number of halogens is 1. The van der Waals surface area contributed by atoms with Gasteiger partial charge in [-0.3, -0.25) is 4.79 Å². The average Bonchev–Trinajstić information content (AvgIpc) is 2.13. The molecular weight excluding hydrogens is 322 g/mol. The molecule has 1 rings (SSSR count). The zero-order chi connectivity index (χ0) is 13.9. The minimum absolute atomic E-state index is 0.0630. The molecule has 0 radical (unpaired) electrons. The normalized spacial score (nSPS) is 13.2. The number of nitrogens with two attached hydrogens (primary N) is 2. The maximum atomic E-state index is 12.0. The highest BCUT2D eigenvalue weighted by Gasteiger charge is 2.20. The van der Waals surface area contributed by atoms with E-state index in [0.717, 1.165) is 0 Å². The molecule has 100 valence electrons. The van der Waals surface area contributed by atoms with E-state index in [2.05, 4.69) is 20.7 Å². The standard InChI is InChI=1S/C10H14BrN3O3S/c1-6(4-10(13)15)14-18(16,17)9-3-2-7(12)5-8(9)11/h2-3,5-6,14H,4,12H2,1H3,(H2,13,15). The summed E-state index contributed by atoms with van der Waals surface area (Å²) in [5, 5.41) is 0. The molecule has 1 amide bonds. The number of sulfonamides is 1. The summed E-state index contributed by atoms with van der Waals surface area (Å²) in [5.41, 5.74) is 11.0. The van der Waals surface area contributed by atoms with Crippen LogP contribution in [0.1, 0.15) is 13.3 Å². The highest BCUT2D eigenvalue weighted by molar-refractivity contribution is 9.10. The van der Waals surface area contributed by atoms with E-state index in [1.165, 1.54) is 18.2 Å². The number of hydrogen-bond acceptors (Lipinski definition) is 4. The fraction of sp³-hybridized carbons (Fsp3) is 0.300. The quantitative estimate of drug-likeness (QED) is 0.682. The molecular formula is C10H14BrN3O3S. The molecule has 0 aliphatic heterocycles. The van der Waals surface area contributed by atoms with Crippen molar-refractivity contribution in [1.82, 2.24) is 4.72 Å². The molecule has 1 aromatic carbocycles. The lowest BCUT2D eigenvalue weighted by Gasteiger charge is -2.13. The van der Waals surface area contributed by atoms with Crippen LogP contribution in [0.2, 0.25) is 0 Å². The Morgan fingerprint density at radius 3 is 2.61 bits per heavy atom. The van der Waals surface area contributed by atoms with Gasteiger partial charge < -0.3 is 11.5 Å². The van der Waals surface area contributed by atoms with Crippen molar-refractivity contribution in [3.05, 3.63) is 22.7 Å². The first-order valence-corrected chi connectivity index (χ1v) is 7.35. The number of nitrogens with one attached hydrogen (secondary N) is 1. The van der Waals surface area contributed by atoms with Crippen LogP contribution in [-0.4, -0.2) is 20.4 Å². The van der Waals surface area contributed by atoms with E-state index in [-0.39, 0.29) is 11.3 Å². The Kier molecular flexibility index (Phi) is 4.71. The molecule has 0 saturated carbocycles. The molecule has 0 aromatic heterocycles. The van der Waals surface area contributed by atoms with E-state index in [0.29, 0.717) is 10.2 Å². The fourth-order valence-corrected chi connectivity index (χ4v) is 3.75. The van der Waals surface area contributed by atoms with Crippen LogP contribution in [0.25, 0.3) is 0 Å². The third kappa shape index (κ3) is 3.97. The van der Waals surface area contributed by atoms with Crippen molar-refractivity contribution in [2.24, 2.45) is 5.73 Å². The minimum atomic E-state index is -3.71. The van der Waals surface area contributed by atoms with Crippen molar-refractivity contribution >= 4 is 37.5 Å². The summed E-state index contributed by atoms with van der Waals surface area (Å²) in [6.07, 6.45) is -0.0637. The number of carbonyl (C=O) groups excluding carboxylic acids is 1. The van der Waals surface area contributed by atoms with Crippen molar-refractivity contribution in [3.8, 4) is 0 Å². The number of benzene rings is 1. The summed E-state index contributed by atoms with van der Waals surface area (Å²) in [6.45, 7) is 1.56. The Morgan fingerprint density at radius 2 is 2.11 bits per heavy atom. The average molecular weight is 336 g/mol. The van der Waals surface area contributed by atoms with Crippen LogP contribution in [0, 0.1) is 0 Å². The van der Waals surface area contributed by atoms with Crippen LogP contribution in [-0.2, 0) is 14.8 Å². The second kappa shape index (κ2) is 5.68. The topological polar surface area (TPSA) is 115 Å². The van der Waals surface area contributed by atoms with Gasteiger partial charge in [0.1, 0.15) is 0 Å². The van der Waals surface area contributed by atoms with Gasteiger partial charge in [0.15, 0.2) is 0 Å². The number of anilines is 1. The summed E-state index contributed by atoms with van der Waals surface area (Å²) in [4.78, 5) is 10.8. The first kappa shape index (κ1) is 14.9. The second-order valence-corrected chi connectivity index (χ2v) is 6.42. The summed E-state index contributed by atoms with van der Waals surface area (Å²) in [7, 11) is -3.71. The Morgan fingerprint density at radius 1 is 1.50 bits per heavy atom. The third-order valence-corrected chi connectivity index (χ3v) is 4.68. The molecule has 5 N–H and O–H groups in total. The van der Waals surface area contributed by atoms with Gasteiger partial charge in [-0.15, -0.1) is 0 Å². The van der Waals surface area contributed by atoms with E-state index in [9.17, 15) is 13.2 Å². The van der Waals surface area contributed by atoms with Gasteiger partial charge in [0.05, 0.1) is 4.90 Å². The van der Waals surface area contributed by atoms with Crippen molar-refractivity contribution < 1.29 is 13.2 Å². The zero-order valence-electron chi connectivity index (χ0n) is 9.68. The number of rotatable bonds is 5. The van der Waals surface area contributed by atoms with Crippen molar-refractivity contribution in [2.45, 2.75) is 24.3 Å². The Labute approximate surface area is 114 Å². The molecule has 0 spiro atoms. The van der Waals surface area contributed by atoms with Gasteiger partial charge in [-0.05, 0) is 41.1 Å². The molecule has 0 fully saturated rings. The summed E-state index contributed by atoms with van der Waals surface area (Å²) in [5.74, 6) is -0.568. The van der Waals surface area contributed by atoms with Crippen molar-refractivity contribution in [3.63, 3.8) is 0 Å². The smallest absolute Gasteiger partial charge is 0.241 e. The molecule has 1 unspecified atom stereocenters.